The molecule has 8 nitrogen and oxygen atoms in total. The van der Waals surface area contributed by atoms with Crippen LogP contribution in [0.4, 0.5) is 0 Å². The highest BCUT2D eigenvalue weighted by Crippen LogP contribution is 2.77. The van der Waals surface area contributed by atoms with Gasteiger partial charge >= 0.3 is 11.9 Å². The SMILES string of the molecule is C=CN(CCN)CCCC(=O)O[C@H]1CC[C@@]2(C)C(CC[C@]3(C)C2CCC2C4C(C(=C)C)CCC[C@]4(COC(=O)CCCN4C=CNCC4)CC[C@]23C)C1(C)C. The van der Waals surface area contributed by atoms with Crippen molar-refractivity contribution in [1.29, 1.82) is 0 Å². The Balaban J connectivity index is 1.15. The summed E-state index contributed by atoms with van der Waals surface area (Å²) in [5.74, 6) is 2.70. The van der Waals surface area contributed by atoms with Crippen molar-refractivity contribution in [1.82, 2.24) is 15.1 Å². The molecule has 5 aliphatic carbocycles. The predicted octanol–water partition coefficient (Wildman–Crippen LogP) is 8.83. The Kier molecular flexibility index (Phi) is 12.9. The van der Waals surface area contributed by atoms with Gasteiger partial charge in [0.15, 0.2) is 0 Å². The molecule has 6 aliphatic rings. The lowest BCUT2D eigenvalue weighted by atomic mass is 9.31. The summed E-state index contributed by atoms with van der Waals surface area (Å²) in [4.78, 5) is 30.9. The minimum absolute atomic E-state index is 0.0225. The van der Waals surface area contributed by atoms with Gasteiger partial charge in [0, 0.05) is 75.3 Å². The van der Waals surface area contributed by atoms with Gasteiger partial charge in [0.1, 0.15) is 6.10 Å². The van der Waals surface area contributed by atoms with E-state index in [-0.39, 0.29) is 45.1 Å². The average molecular weight is 763 g/mol. The van der Waals surface area contributed by atoms with Crippen LogP contribution in [-0.4, -0.2) is 73.7 Å². The summed E-state index contributed by atoms with van der Waals surface area (Å²) in [6, 6.07) is 0. The number of rotatable bonds is 15. The molecule has 5 saturated carbocycles. The highest BCUT2D eigenvalue weighted by Gasteiger charge is 2.70. The van der Waals surface area contributed by atoms with Crippen molar-refractivity contribution in [2.45, 2.75) is 144 Å². The molecule has 55 heavy (non-hydrogen) atoms. The van der Waals surface area contributed by atoms with E-state index in [0.29, 0.717) is 55.6 Å². The number of esters is 2. The number of nitrogens with two attached hydrogens (primary N) is 1. The van der Waals surface area contributed by atoms with Gasteiger partial charge in [0.05, 0.1) is 6.61 Å². The van der Waals surface area contributed by atoms with Gasteiger partial charge in [0.25, 0.3) is 0 Å². The molecule has 5 unspecified atom stereocenters. The van der Waals surface area contributed by atoms with Crippen LogP contribution in [0.3, 0.4) is 0 Å². The van der Waals surface area contributed by atoms with Crippen LogP contribution >= 0.6 is 0 Å². The smallest absolute Gasteiger partial charge is 0.306 e. The predicted molar refractivity (Wildman–Crippen MR) is 222 cm³/mol. The van der Waals surface area contributed by atoms with E-state index in [9.17, 15) is 9.59 Å². The fraction of sp³-hybridized carbons (Fsp3) is 0.830. The molecule has 0 radical (unpaired) electrons. The first-order valence-electron chi connectivity index (χ1n) is 22.4. The first kappa shape index (κ1) is 42.1. The molecule has 0 bridgehead atoms. The largest absolute Gasteiger partial charge is 0.465 e. The highest BCUT2D eigenvalue weighted by atomic mass is 16.5. The lowest BCUT2D eigenvalue weighted by molar-refractivity contribution is -0.259. The van der Waals surface area contributed by atoms with Gasteiger partial charge in [-0.15, -0.1) is 0 Å². The summed E-state index contributed by atoms with van der Waals surface area (Å²) in [5, 5.41) is 3.24. The number of fused-ring (bicyclic) bond motifs is 7. The molecule has 0 amide bonds. The van der Waals surface area contributed by atoms with Crippen molar-refractivity contribution in [3.63, 3.8) is 0 Å². The molecule has 8 heteroatoms. The second-order valence-electron chi connectivity index (χ2n) is 20.4. The van der Waals surface area contributed by atoms with Crippen LogP contribution in [-0.2, 0) is 19.1 Å². The van der Waals surface area contributed by atoms with E-state index in [0.717, 1.165) is 64.8 Å². The Labute approximate surface area is 334 Å². The Morgan fingerprint density at radius 2 is 1.71 bits per heavy atom. The molecule has 5 fully saturated rings. The van der Waals surface area contributed by atoms with Crippen LogP contribution in [0.25, 0.3) is 0 Å². The number of hydrogen-bond acceptors (Lipinski definition) is 8. The molecule has 1 aliphatic heterocycles. The van der Waals surface area contributed by atoms with Crippen LogP contribution in [0.5, 0.6) is 0 Å². The Bertz CT molecular complexity index is 1430. The lowest BCUT2D eigenvalue weighted by Gasteiger charge is -2.74. The molecule has 310 valence electrons. The maximum Gasteiger partial charge on any atom is 0.306 e. The van der Waals surface area contributed by atoms with Crippen LogP contribution in [0.15, 0.2) is 37.3 Å². The third-order valence-electron chi connectivity index (χ3n) is 17.5. The Hall–Kier alpha value is -2.48. The summed E-state index contributed by atoms with van der Waals surface area (Å²) in [6.07, 6.45) is 21.4. The zero-order valence-electron chi connectivity index (χ0n) is 35.8. The van der Waals surface area contributed by atoms with Crippen LogP contribution in [0.1, 0.15) is 138 Å². The summed E-state index contributed by atoms with van der Waals surface area (Å²) in [6.45, 7) is 29.1. The molecule has 0 saturated heterocycles. The third-order valence-corrected chi connectivity index (χ3v) is 17.5. The molecule has 1 heterocycles. The molecular formula is C47H78N4O4. The van der Waals surface area contributed by atoms with Crippen LogP contribution in [0, 0.1) is 56.7 Å². The van der Waals surface area contributed by atoms with E-state index in [1.54, 1.807) is 0 Å². The van der Waals surface area contributed by atoms with Gasteiger partial charge in [-0.05, 0) is 136 Å². The van der Waals surface area contributed by atoms with E-state index in [1.807, 2.05) is 12.4 Å². The number of allylic oxidation sites excluding steroid dienone is 1. The number of ether oxygens (including phenoxy) is 2. The first-order chi connectivity index (χ1) is 26.1. The molecule has 0 aromatic rings. The molecule has 0 aromatic carbocycles. The standard InChI is InChI=1S/C47H78N4O4/c1-9-50(30-25-48)28-12-15-41(53)55-39-19-21-44(6)37(43(39,4)5)18-22-46(8)38(44)17-16-36-42-35(34(2)3)13-10-20-47(42,24-23-45(36,46)7)33-54-40(52)14-11-29-51-31-26-49-27-32-51/h9,26,31,35-39,42,49H,1-2,10-25,27-30,32-33,48H2,3-8H3/t35?,36?,37?,38?,39-,42?,44-,45+,46+,47+/m0/s1. The van der Waals surface area contributed by atoms with Crippen molar-refractivity contribution >= 4 is 11.9 Å². The number of carbonyl (C=O) groups is 2. The van der Waals surface area contributed by atoms with Crippen molar-refractivity contribution in [3.8, 4) is 0 Å². The van der Waals surface area contributed by atoms with E-state index in [4.69, 9.17) is 15.2 Å². The van der Waals surface area contributed by atoms with Crippen molar-refractivity contribution in [2.24, 2.45) is 62.4 Å². The summed E-state index contributed by atoms with van der Waals surface area (Å²) < 4.78 is 12.7. The molecular weight excluding hydrogens is 685 g/mol. The minimum Gasteiger partial charge on any atom is -0.465 e. The van der Waals surface area contributed by atoms with Gasteiger partial charge in [-0.25, -0.2) is 0 Å². The van der Waals surface area contributed by atoms with Crippen LogP contribution in [0.2, 0.25) is 0 Å². The Morgan fingerprint density at radius 3 is 2.42 bits per heavy atom. The van der Waals surface area contributed by atoms with E-state index in [2.05, 4.69) is 76.0 Å². The zero-order valence-corrected chi connectivity index (χ0v) is 35.8. The fourth-order valence-corrected chi connectivity index (χ4v) is 14.5. The first-order valence-corrected chi connectivity index (χ1v) is 22.4. The zero-order chi connectivity index (χ0) is 39.6. The van der Waals surface area contributed by atoms with Crippen molar-refractivity contribution < 1.29 is 19.1 Å². The number of nitrogens with one attached hydrogen (secondary N) is 1. The molecule has 6 rings (SSSR count). The van der Waals surface area contributed by atoms with Gasteiger partial charge in [-0.3, -0.25) is 9.59 Å². The van der Waals surface area contributed by atoms with E-state index < -0.39 is 0 Å². The maximum absolute atomic E-state index is 13.3. The molecule has 3 N–H and O–H groups in total. The third kappa shape index (κ3) is 7.89. The van der Waals surface area contributed by atoms with Crippen molar-refractivity contribution in [3.05, 3.63) is 37.3 Å². The quantitative estimate of drug-likeness (QED) is 0.126. The molecule has 0 aromatic heterocycles. The molecule has 0 spiro atoms. The average Bonchev–Trinajstić information content (AvgIpc) is 3.15. The lowest BCUT2D eigenvalue weighted by Crippen LogP contribution is -2.68. The normalized spacial score (nSPS) is 38.9. The fourth-order valence-electron chi connectivity index (χ4n) is 14.5. The van der Waals surface area contributed by atoms with E-state index >= 15 is 0 Å². The monoisotopic (exact) mass is 763 g/mol. The van der Waals surface area contributed by atoms with Gasteiger partial charge < -0.3 is 30.3 Å². The number of nitrogens with zero attached hydrogens (tertiary/aromatic N) is 2. The number of carbonyl (C=O) groups excluding carboxylic acids is 2. The van der Waals surface area contributed by atoms with Crippen molar-refractivity contribution in [2.75, 3.05) is 45.9 Å². The van der Waals surface area contributed by atoms with Crippen LogP contribution < -0.4 is 11.1 Å². The minimum atomic E-state index is -0.0733. The second kappa shape index (κ2) is 16.8. The van der Waals surface area contributed by atoms with E-state index in [1.165, 1.54) is 56.9 Å². The highest BCUT2D eigenvalue weighted by molar-refractivity contribution is 5.70. The summed E-state index contributed by atoms with van der Waals surface area (Å²) in [5.41, 5.74) is 7.72. The molecule has 10 atom stereocenters. The van der Waals surface area contributed by atoms with Gasteiger partial charge in [-0.2, -0.15) is 0 Å². The topological polar surface area (TPSA) is 97.1 Å². The summed E-state index contributed by atoms with van der Waals surface area (Å²) >= 11 is 0. The second-order valence-corrected chi connectivity index (χ2v) is 20.4. The van der Waals surface area contributed by atoms with Gasteiger partial charge in [0.2, 0.25) is 0 Å². The van der Waals surface area contributed by atoms with Gasteiger partial charge in [-0.1, -0.05) is 59.8 Å². The summed E-state index contributed by atoms with van der Waals surface area (Å²) in [7, 11) is 0. The number of hydrogen-bond donors (Lipinski definition) is 2. The Morgan fingerprint density at radius 1 is 0.927 bits per heavy atom. The maximum atomic E-state index is 13.3.